The average Bonchev–Trinajstić information content (AvgIpc) is 3.22. The third-order valence-corrected chi connectivity index (χ3v) is 5.50. The molecule has 1 aromatic heterocycles. The predicted octanol–water partition coefficient (Wildman–Crippen LogP) is 1.40. The van der Waals surface area contributed by atoms with E-state index >= 15 is 0 Å². The smallest absolute Gasteiger partial charge is 0.255 e. The van der Waals surface area contributed by atoms with Crippen molar-refractivity contribution in [2.24, 2.45) is 7.05 Å². The Balaban J connectivity index is 1.55. The monoisotopic (exact) mass is 375 g/mol. The zero-order valence-corrected chi connectivity index (χ0v) is 15.2. The number of nitrogens with zero attached hydrogens (tertiary/aromatic N) is 4. The van der Waals surface area contributed by atoms with Gasteiger partial charge in [0.1, 0.15) is 11.6 Å². The summed E-state index contributed by atoms with van der Waals surface area (Å²) in [5.74, 6) is -0.861. The van der Waals surface area contributed by atoms with Crippen LogP contribution in [0.5, 0.6) is 0 Å². The van der Waals surface area contributed by atoms with E-state index in [-0.39, 0.29) is 18.2 Å². The Morgan fingerprint density at radius 2 is 1.93 bits per heavy atom. The molecule has 0 bridgehead atoms. The first-order valence-electron chi connectivity index (χ1n) is 9.09. The molecular formula is C20H17N5O3. The van der Waals surface area contributed by atoms with Gasteiger partial charge in [0.15, 0.2) is 0 Å². The van der Waals surface area contributed by atoms with Crippen LogP contribution in [0.1, 0.15) is 28.8 Å². The number of rotatable bonds is 2. The minimum Gasteiger partial charge on any atom is -0.322 e. The number of aromatic nitrogens is 3. The van der Waals surface area contributed by atoms with Crippen LogP contribution >= 0.6 is 0 Å². The van der Waals surface area contributed by atoms with Crippen LogP contribution in [-0.4, -0.2) is 43.7 Å². The van der Waals surface area contributed by atoms with Crippen LogP contribution in [0, 0.1) is 0 Å². The summed E-state index contributed by atoms with van der Waals surface area (Å²) in [5, 5.41) is 10.5. The second-order valence-corrected chi connectivity index (χ2v) is 7.15. The fourth-order valence-electron chi connectivity index (χ4n) is 4.05. The highest BCUT2D eigenvalue weighted by molar-refractivity contribution is 6.06. The molecule has 1 saturated heterocycles. The van der Waals surface area contributed by atoms with E-state index in [2.05, 4.69) is 15.6 Å². The van der Waals surface area contributed by atoms with Gasteiger partial charge in [-0.25, -0.2) is 4.68 Å². The lowest BCUT2D eigenvalue weighted by Crippen LogP contribution is -2.52. The maximum absolute atomic E-state index is 13.0. The lowest BCUT2D eigenvalue weighted by Gasteiger charge is -2.29. The van der Waals surface area contributed by atoms with Gasteiger partial charge < -0.3 is 4.90 Å². The van der Waals surface area contributed by atoms with Crippen LogP contribution in [-0.2, 0) is 23.2 Å². The van der Waals surface area contributed by atoms with Gasteiger partial charge in [0.25, 0.3) is 5.91 Å². The van der Waals surface area contributed by atoms with Crippen molar-refractivity contribution in [3.05, 3.63) is 47.5 Å². The van der Waals surface area contributed by atoms with Crippen molar-refractivity contribution in [1.82, 2.24) is 25.2 Å². The van der Waals surface area contributed by atoms with Gasteiger partial charge in [0.05, 0.1) is 5.52 Å². The second-order valence-electron chi connectivity index (χ2n) is 7.15. The Morgan fingerprint density at radius 1 is 1.11 bits per heavy atom. The quantitative estimate of drug-likeness (QED) is 0.683. The van der Waals surface area contributed by atoms with Crippen molar-refractivity contribution in [3.63, 3.8) is 0 Å². The third kappa shape index (κ3) is 2.41. The first-order chi connectivity index (χ1) is 13.5. The van der Waals surface area contributed by atoms with Crippen molar-refractivity contribution in [3.8, 4) is 11.1 Å². The van der Waals surface area contributed by atoms with Gasteiger partial charge in [0.2, 0.25) is 11.8 Å². The summed E-state index contributed by atoms with van der Waals surface area (Å²) in [6.45, 7) is 0.346. The summed E-state index contributed by atoms with van der Waals surface area (Å²) < 4.78 is 1.71. The fourth-order valence-corrected chi connectivity index (χ4v) is 4.05. The Morgan fingerprint density at radius 3 is 2.75 bits per heavy atom. The van der Waals surface area contributed by atoms with Crippen molar-refractivity contribution in [1.29, 1.82) is 0 Å². The fraction of sp³-hybridized carbons (Fsp3) is 0.250. The number of aryl methyl sites for hydroxylation is 1. The number of carbonyl (C=O) groups is 3. The minimum atomic E-state index is -0.616. The van der Waals surface area contributed by atoms with E-state index in [0.717, 1.165) is 27.7 Å². The van der Waals surface area contributed by atoms with E-state index in [4.69, 9.17) is 0 Å². The second kappa shape index (κ2) is 5.98. The van der Waals surface area contributed by atoms with Crippen LogP contribution in [0.4, 0.5) is 0 Å². The number of fused-ring (bicyclic) bond motifs is 2. The molecule has 1 unspecified atom stereocenters. The molecule has 0 spiro atoms. The van der Waals surface area contributed by atoms with Crippen LogP contribution < -0.4 is 5.32 Å². The van der Waals surface area contributed by atoms with E-state index in [1.807, 2.05) is 37.4 Å². The number of nitrogens with one attached hydrogen (secondary N) is 1. The molecule has 1 fully saturated rings. The molecule has 140 valence electrons. The summed E-state index contributed by atoms with van der Waals surface area (Å²) in [6.07, 6.45) is 0.597. The van der Waals surface area contributed by atoms with Crippen molar-refractivity contribution in [2.45, 2.75) is 25.4 Å². The molecule has 0 radical (unpaired) electrons. The first-order valence-corrected chi connectivity index (χ1v) is 9.09. The van der Waals surface area contributed by atoms with Crippen molar-refractivity contribution >= 4 is 28.8 Å². The molecule has 8 nitrogen and oxygen atoms in total. The summed E-state index contributed by atoms with van der Waals surface area (Å²) in [6, 6.07) is 10.9. The molecule has 5 rings (SSSR count). The van der Waals surface area contributed by atoms with Crippen LogP contribution in [0.25, 0.3) is 22.2 Å². The van der Waals surface area contributed by atoms with Gasteiger partial charge in [-0.05, 0) is 41.3 Å². The van der Waals surface area contributed by atoms with Crippen molar-refractivity contribution in [2.75, 3.05) is 0 Å². The maximum Gasteiger partial charge on any atom is 0.255 e. The Labute approximate surface area is 160 Å². The third-order valence-electron chi connectivity index (χ3n) is 5.50. The van der Waals surface area contributed by atoms with Crippen LogP contribution in [0.15, 0.2) is 36.4 Å². The number of hydrogen-bond acceptors (Lipinski definition) is 5. The molecule has 3 amide bonds. The molecule has 2 aliphatic heterocycles. The van der Waals surface area contributed by atoms with Crippen molar-refractivity contribution < 1.29 is 14.4 Å². The highest BCUT2D eigenvalue weighted by atomic mass is 16.2. The molecule has 2 aliphatic rings. The topological polar surface area (TPSA) is 97.2 Å². The molecule has 1 N–H and O–H groups in total. The largest absolute Gasteiger partial charge is 0.322 e. The van der Waals surface area contributed by atoms with Gasteiger partial charge in [0, 0.05) is 25.6 Å². The minimum absolute atomic E-state index is 0.172. The summed E-state index contributed by atoms with van der Waals surface area (Å²) in [7, 11) is 1.84. The molecule has 2 aromatic carbocycles. The van der Waals surface area contributed by atoms with Crippen LogP contribution in [0.2, 0.25) is 0 Å². The molecule has 3 aromatic rings. The van der Waals surface area contributed by atoms with E-state index in [1.165, 1.54) is 0 Å². The van der Waals surface area contributed by atoms with Gasteiger partial charge >= 0.3 is 0 Å². The number of benzene rings is 2. The Kier molecular flexibility index (Phi) is 3.55. The highest BCUT2D eigenvalue weighted by Crippen LogP contribution is 2.35. The predicted molar refractivity (Wildman–Crippen MR) is 100.0 cm³/mol. The molecule has 0 saturated carbocycles. The zero-order valence-electron chi connectivity index (χ0n) is 15.2. The first kappa shape index (κ1) is 16.6. The SMILES string of the molecule is Cn1nnc2ccc(-c3cccc4c3CN(C3CCC(=O)NC3=O)C4=O)cc21. The van der Waals surface area contributed by atoms with E-state index in [0.29, 0.717) is 18.5 Å². The number of carbonyl (C=O) groups excluding carboxylic acids is 3. The zero-order chi connectivity index (χ0) is 19.4. The normalized spacial score (nSPS) is 19.2. The standard InChI is InChI=1S/C20H17N5O3/c1-24-17-9-11(5-6-15(17)22-23-24)12-3-2-4-13-14(12)10-25(20(13)28)16-7-8-18(26)21-19(16)27/h2-6,9,16H,7-8,10H2,1H3,(H,21,26,27). The summed E-state index contributed by atoms with van der Waals surface area (Å²) in [4.78, 5) is 38.2. The Hall–Kier alpha value is -3.55. The lowest BCUT2D eigenvalue weighted by molar-refractivity contribution is -0.136. The van der Waals surface area contributed by atoms with Gasteiger partial charge in [-0.1, -0.05) is 23.4 Å². The summed E-state index contributed by atoms with van der Waals surface area (Å²) in [5.41, 5.74) is 5.12. The van der Waals surface area contributed by atoms with E-state index in [1.54, 1.807) is 15.6 Å². The highest BCUT2D eigenvalue weighted by Gasteiger charge is 2.39. The Bertz CT molecular complexity index is 1170. The number of amides is 3. The van der Waals surface area contributed by atoms with E-state index < -0.39 is 11.9 Å². The van der Waals surface area contributed by atoms with Gasteiger partial charge in [-0.3, -0.25) is 19.7 Å². The molecular weight excluding hydrogens is 358 g/mol. The lowest BCUT2D eigenvalue weighted by atomic mass is 9.96. The summed E-state index contributed by atoms with van der Waals surface area (Å²) >= 11 is 0. The molecule has 1 atom stereocenters. The number of imide groups is 1. The maximum atomic E-state index is 13.0. The molecule has 0 aliphatic carbocycles. The van der Waals surface area contributed by atoms with Gasteiger partial charge in [-0.2, -0.15) is 0 Å². The number of hydrogen-bond donors (Lipinski definition) is 1. The van der Waals surface area contributed by atoms with E-state index in [9.17, 15) is 14.4 Å². The average molecular weight is 375 g/mol. The molecule has 28 heavy (non-hydrogen) atoms. The van der Waals surface area contributed by atoms with Gasteiger partial charge in [-0.15, -0.1) is 5.10 Å². The molecule has 8 heteroatoms. The molecule has 3 heterocycles. The van der Waals surface area contributed by atoms with Crippen LogP contribution in [0.3, 0.4) is 0 Å². The number of piperidine rings is 1.